The van der Waals surface area contributed by atoms with Crippen molar-refractivity contribution in [3.63, 3.8) is 0 Å². The Morgan fingerprint density at radius 1 is 1.14 bits per heavy atom. The first-order chi connectivity index (χ1) is 16.4. The quantitative estimate of drug-likeness (QED) is 0.462. The number of carbonyl (C=O) groups excluding carboxylic acids is 1. The van der Waals surface area contributed by atoms with E-state index in [1.807, 2.05) is 6.07 Å². The zero-order valence-electron chi connectivity index (χ0n) is 20.4. The molecule has 0 radical (unpaired) electrons. The van der Waals surface area contributed by atoms with Crippen LogP contribution in [0.15, 0.2) is 64.4 Å². The maximum absolute atomic E-state index is 13.3. The van der Waals surface area contributed by atoms with E-state index in [2.05, 4.69) is 9.97 Å². The van der Waals surface area contributed by atoms with Gasteiger partial charge in [-0.1, -0.05) is 30.3 Å². The fourth-order valence-corrected chi connectivity index (χ4v) is 5.08. The predicted molar refractivity (Wildman–Crippen MR) is 128 cm³/mol. The molecule has 10 heteroatoms. The van der Waals surface area contributed by atoms with Gasteiger partial charge in [-0.2, -0.15) is 0 Å². The molecule has 0 spiro atoms. The topological polar surface area (TPSA) is 112 Å². The summed E-state index contributed by atoms with van der Waals surface area (Å²) in [6.45, 7) is 8.93. The van der Waals surface area contributed by atoms with E-state index in [1.54, 1.807) is 77.1 Å². The number of nitrogens with zero attached hydrogens (tertiary/aromatic N) is 3. The third kappa shape index (κ3) is 5.54. The van der Waals surface area contributed by atoms with Crippen LogP contribution in [0, 0.1) is 0 Å². The summed E-state index contributed by atoms with van der Waals surface area (Å²) in [5, 5.41) is -0.348. The number of rotatable bonds is 5. The lowest BCUT2D eigenvalue weighted by atomic mass is 10.1. The molecule has 4 rings (SSSR count). The molecule has 35 heavy (non-hydrogen) atoms. The van der Waals surface area contributed by atoms with E-state index >= 15 is 0 Å². The van der Waals surface area contributed by atoms with Gasteiger partial charge in [0.15, 0.2) is 5.76 Å². The maximum Gasteiger partial charge on any atom is 0.413 e. The first-order valence-corrected chi connectivity index (χ1v) is 12.9. The van der Waals surface area contributed by atoms with Crippen molar-refractivity contribution in [1.29, 1.82) is 0 Å². The van der Waals surface area contributed by atoms with E-state index in [0.29, 0.717) is 22.7 Å². The van der Waals surface area contributed by atoms with Crippen LogP contribution in [0.5, 0.6) is 0 Å². The Balaban J connectivity index is 1.79. The van der Waals surface area contributed by atoms with Gasteiger partial charge in [-0.3, -0.25) is 4.90 Å². The molecule has 3 aromatic rings. The largest absolute Gasteiger partial charge is 0.463 e. The average Bonchev–Trinajstić information content (AvgIpc) is 3.40. The summed E-state index contributed by atoms with van der Waals surface area (Å²) in [4.78, 5) is 23.3. The highest BCUT2D eigenvalue weighted by Gasteiger charge is 2.47. The van der Waals surface area contributed by atoms with Crippen molar-refractivity contribution in [2.75, 3.05) is 6.61 Å². The summed E-state index contributed by atoms with van der Waals surface area (Å²) in [6.07, 6.45) is 0.890. The number of ether oxygens (including phenoxy) is 2. The minimum Gasteiger partial charge on any atom is -0.463 e. The summed E-state index contributed by atoms with van der Waals surface area (Å²) in [5.74, 6) is 0.115. The van der Waals surface area contributed by atoms with Crippen molar-refractivity contribution in [2.24, 2.45) is 0 Å². The van der Waals surface area contributed by atoms with Crippen molar-refractivity contribution in [1.82, 2.24) is 14.9 Å². The molecule has 1 atom stereocenters. The molecular weight excluding hydrogens is 470 g/mol. The van der Waals surface area contributed by atoms with E-state index < -0.39 is 33.3 Å². The number of sulfone groups is 1. The molecule has 0 aliphatic carbocycles. The van der Waals surface area contributed by atoms with Gasteiger partial charge in [0.05, 0.1) is 24.3 Å². The first kappa shape index (κ1) is 24.9. The molecule has 0 N–H and O–H groups in total. The van der Waals surface area contributed by atoms with Gasteiger partial charge in [0.2, 0.25) is 15.0 Å². The number of hydrogen-bond donors (Lipinski definition) is 0. The van der Waals surface area contributed by atoms with Gasteiger partial charge < -0.3 is 13.9 Å². The van der Waals surface area contributed by atoms with Crippen LogP contribution < -0.4 is 0 Å². The first-order valence-electron chi connectivity index (χ1n) is 11.2. The number of aromatic nitrogens is 2. The Labute approximate surface area is 205 Å². The number of benzene rings is 1. The Kier molecular flexibility index (Phi) is 6.46. The highest BCUT2D eigenvalue weighted by atomic mass is 32.2. The number of hydrogen-bond acceptors (Lipinski definition) is 8. The lowest BCUT2D eigenvalue weighted by molar-refractivity contribution is -0.0627. The van der Waals surface area contributed by atoms with Gasteiger partial charge in [-0.05, 0) is 58.4 Å². The molecule has 0 saturated carbocycles. The van der Waals surface area contributed by atoms with Crippen molar-refractivity contribution in [3.05, 3.63) is 66.1 Å². The molecule has 3 heterocycles. The second-order valence-electron chi connectivity index (χ2n) is 9.81. The molecule has 0 unspecified atom stereocenters. The van der Waals surface area contributed by atoms with Crippen LogP contribution in [0.4, 0.5) is 4.79 Å². The van der Waals surface area contributed by atoms with Crippen LogP contribution in [0.2, 0.25) is 0 Å². The second-order valence-corrected chi connectivity index (χ2v) is 11.7. The van der Waals surface area contributed by atoms with Gasteiger partial charge in [-0.25, -0.2) is 23.2 Å². The molecule has 1 fully saturated rings. The van der Waals surface area contributed by atoms with Crippen molar-refractivity contribution in [2.45, 2.75) is 62.9 Å². The molecule has 1 aliphatic heterocycles. The molecule has 0 bridgehead atoms. The summed E-state index contributed by atoms with van der Waals surface area (Å²) >= 11 is 0. The monoisotopic (exact) mass is 499 g/mol. The van der Waals surface area contributed by atoms with E-state index in [9.17, 15) is 13.2 Å². The fourth-order valence-electron chi connectivity index (χ4n) is 3.84. The molecule has 186 valence electrons. The molecular formula is C25H29N3O6S. The molecule has 1 aliphatic rings. The lowest BCUT2D eigenvalue weighted by Crippen LogP contribution is -2.47. The minimum atomic E-state index is -3.91. The van der Waals surface area contributed by atoms with Crippen LogP contribution in [0.1, 0.15) is 51.9 Å². The Bertz CT molecular complexity index is 1300. The second kappa shape index (κ2) is 9.09. The summed E-state index contributed by atoms with van der Waals surface area (Å²) in [5.41, 5.74) is -0.502. The third-order valence-corrected chi connectivity index (χ3v) is 6.85. The lowest BCUT2D eigenvalue weighted by Gasteiger charge is -2.35. The van der Waals surface area contributed by atoms with E-state index in [4.69, 9.17) is 13.9 Å². The maximum atomic E-state index is 13.3. The van der Waals surface area contributed by atoms with Crippen molar-refractivity contribution < 1.29 is 27.1 Å². The standard InChI is InChI=1S/C25H29N3O6S/c1-24(2,3)34-23(29)28-20(15-33-25(28,4)5)18-14-19(21-12-9-13-32-21)27-22(26-18)35(30,31)16-17-10-7-6-8-11-17/h6-14,20H,15-16H2,1-5H3/t20-/m1/s1. The number of furan rings is 1. The van der Waals surface area contributed by atoms with E-state index in [1.165, 1.54) is 11.2 Å². The summed E-state index contributed by atoms with van der Waals surface area (Å²) in [7, 11) is -3.91. The van der Waals surface area contributed by atoms with Gasteiger partial charge in [0.1, 0.15) is 23.1 Å². The zero-order valence-corrected chi connectivity index (χ0v) is 21.2. The SMILES string of the molecule is CC(C)(C)OC(=O)N1[C@@H](c2cc(-c3ccco3)nc(S(=O)(=O)Cc3ccccc3)n2)COC1(C)C. The highest BCUT2D eigenvalue weighted by Crippen LogP contribution is 2.38. The van der Waals surface area contributed by atoms with Crippen LogP contribution in [-0.2, 0) is 25.1 Å². The molecule has 2 aromatic heterocycles. The normalized spacial score (nSPS) is 18.0. The molecule has 1 aromatic carbocycles. The van der Waals surface area contributed by atoms with Crippen LogP contribution in [0.25, 0.3) is 11.5 Å². The van der Waals surface area contributed by atoms with Gasteiger partial charge in [-0.15, -0.1) is 0 Å². The molecule has 1 amide bonds. The minimum absolute atomic E-state index is 0.110. The smallest absolute Gasteiger partial charge is 0.413 e. The third-order valence-electron chi connectivity index (χ3n) is 5.39. The Morgan fingerprint density at radius 3 is 2.49 bits per heavy atom. The zero-order chi connectivity index (χ0) is 25.4. The fraction of sp³-hybridized carbons (Fsp3) is 0.400. The predicted octanol–water partition coefficient (Wildman–Crippen LogP) is 4.76. The summed E-state index contributed by atoms with van der Waals surface area (Å²) < 4.78 is 43.7. The number of amides is 1. The molecule has 9 nitrogen and oxygen atoms in total. The van der Waals surface area contributed by atoms with E-state index in [-0.39, 0.29) is 17.5 Å². The highest BCUT2D eigenvalue weighted by molar-refractivity contribution is 7.90. The van der Waals surface area contributed by atoms with Gasteiger partial charge in [0, 0.05) is 0 Å². The van der Waals surface area contributed by atoms with Gasteiger partial charge in [0.25, 0.3) is 0 Å². The van der Waals surface area contributed by atoms with Crippen LogP contribution >= 0.6 is 0 Å². The van der Waals surface area contributed by atoms with E-state index in [0.717, 1.165) is 0 Å². The van der Waals surface area contributed by atoms with Gasteiger partial charge >= 0.3 is 6.09 Å². The van der Waals surface area contributed by atoms with Crippen LogP contribution in [-0.4, -0.2) is 47.3 Å². The number of carbonyl (C=O) groups is 1. The van der Waals surface area contributed by atoms with Crippen molar-refractivity contribution in [3.8, 4) is 11.5 Å². The molecule has 1 saturated heterocycles. The summed E-state index contributed by atoms with van der Waals surface area (Å²) in [6, 6.07) is 13.1. The van der Waals surface area contributed by atoms with Crippen LogP contribution in [0.3, 0.4) is 0 Å². The average molecular weight is 500 g/mol. The Morgan fingerprint density at radius 2 is 1.86 bits per heavy atom. The van der Waals surface area contributed by atoms with Crippen molar-refractivity contribution >= 4 is 15.9 Å². The Hall–Kier alpha value is -3.24.